The van der Waals surface area contributed by atoms with Gasteiger partial charge in [0.2, 0.25) is 0 Å². The lowest BCUT2D eigenvalue weighted by Gasteiger charge is -2.36. The number of aliphatic imine (C=N–C) groups is 1. The van der Waals surface area contributed by atoms with E-state index in [1.807, 2.05) is 18.8 Å². The predicted molar refractivity (Wildman–Crippen MR) is 93.9 cm³/mol. The van der Waals surface area contributed by atoms with Crippen molar-refractivity contribution in [2.24, 2.45) is 4.99 Å². The number of rotatable bonds is 3. The minimum atomic E-state index is 0. The minimum Gasteiger partial charge on any atom is -0.381 e. The van der Waals surface area contributed by atoms with E-state index in [0.29, 0.717) is 4.75 Å². The van der Waals surface area contributed by atoms with Gasteiger partial charge in [0.1, 0.15) is 0 Å². The SMILES string of the molecule is CN=C(NCC1(SC)CCOCC1)N1CCCC1.I. The van der Waals surface area contributed by atoms with E-state index in [1.54, 1.807) is 0 Å². The molecule has 0 aromatic heterocycles. The molecule has 2 fully saturated rings. The Balaban J connectivity index is 0.00000180. The quantitative estimate of drug-likeness (QED) is 0.449. The van der Waals surface area contributed by atoms with E-state index in [-0.39, 0.29) is 24.0 Å². The van der Waals surface area contributed by atoms with Gasteiger partial charge in [0.25, 0.3) is 0 Å². The minimum absolute atomic E-state index is 0. The summed E-state index contributed by atoms with van der Waals surface area (Å²) < 4.78 is 5.81. The first-order chi connectivity index (χ1) is 8.79. The molecule has 0 spiro atoms. The topological polar surface area (TPSA) is 36.9 Å². The second-order valence-corrected chi connectivity index (χ2v) is 6.37. The Morgan fingerprint density at radius 1 is 1.32 bits per heavy atom. The Morgan fingerprint density at radius 3 is 2.47 bits per heavy atom. The molecule has 6 heteroatoms. The van der Waals surface area contributed by atoms with Crippen LogP contribution in [0.5, 0.6) is 0 Å². The van der Waals surface area contributed by atoms with E-state index < -0.39 is 0 Å². The molecule has 0 atom stereocenters. The van der Waals surface area contributed by atoms with Crippen LogP contribution >= 0.6 is 35.7 Å². The van der Waals surface area contributed by atoms with Crippen molar-refractivity contribution in [1.29, 1.82) is 0 Å². The van der Waals surface area contributed by atoms with Crippen molar-refractivity contribution in [1.82, 2.24) is 10.2 Å². The van der Waals surface area contributed by atoms with Gasteiger partial charge in [-0.1, -0.05) is 0 Å². The van der Waals surface area contributed by atoms with Gasteiger partial charge in [-0.05, 0) is 31.9 Å². The average molecular weight is 399 g/mol. The van der Waals surface area contributed by atoms with Crippen LogP contribution in [0.2, 0.25) is 0 Å². The zero-order valence-electron chi connectivity index (χ0n) is 12.0. The van der Waals surface area contributed by atoms with Crippen LogP contribution in [0.1, 0.15) is 25.7 Å². The summed E-state index contributed by atoms with van der Waals surface area (Å²) >= 11 is 1.97. The Hall–Kier alpha value is 0.310. The number of hydrogen-bond acceptors (Lipinski definition) is 3. The molecule has 2 rings (SSSR count). The molecule has 2 saturated heterocycles. The molecule has 112 valence electrons. The third-order valence-corrected chi connectivity index (χ3v) is 5.44. The second kappa shape index (κ2) is 8.56. The second-order valence-electron chi connectivity index (χ2n) is 5.09. The smallest absolute Gasteiger partial charge is 0.193 e. The number of nitrogens with one attached hydrogen (secondary N) is 1. The molecule has 0 unspecified atom stereocenters. The van der Waals surface area contributed by atoms with Crippen molar-refractivity contribution in [2.75, 3.05) is 46.2 Å². The molecule has 2 aliphatic heterocycles. The fourth-order valence-corrected chi connectivity index (χ4v) is 3.49. The van der Waals surface area contributed by atoms with Gasteiger partial charge in [0.15, 0.2) is 5.96 Å². The summed E-state index contributed by atoms with van der Waals surface area (Å²) in [6.07, 6.45) is 7.08. The highest BCUT2D eigenvalue weighted by Gasteiger charge is 2.32. The highest BCUT2D eigenvalue weighted by Crippen LogP contribution is 2.33. The molecule has 19 heavy (non-hydrogen) atoms. The fraction of sp³-hybridized carbons (Fsp3) is 0.923. The van der Waals surface area contributed by atoms with Gasteiger partial charge in [0, 0.05) is 44.6 Å². The first-order valence-corrected chi connectivity index (χ1v) is 8.11. The Kier molecular flexibility index (Phi) is 7.83. The fourth-order valence-electron chi connectivity index (χ4n) is 2.70. The molecule has 1 N–H and O–H groups in total. The number of hydrogen-bond donors (Lipinski definition) is 1. The summed E-state index contributed by atoms with van der Waals surface area (Å²) in [5, 5.41) is 3.57. The third-order valence-electron chi connectivity index (χ3n) is 4.02. The predicted octanol–water partition coefficient (Wildman–Crippen LogP) is 2.19. The maximum atomic E-state index is 5.48. The molecule has 4 nitrogen and oxygen atoms in total. The molecule has 2 heterocycles. The summed E-state index contributed by atoms with van der Waals surface area (Å²) in [5.74, 6) is 1.08. The van der Waals surface area contributed by atoms with Crippen molar-refractivity contribution in [3.63, 3.8) is 0 Å². The van der Waals surface area contributed by atoms with Gasteiger partial charge in [-0.3, -0.25) is 4.99 Å². The number of ether oxygens (including phenoxy) is 1. The van der Waals surface area contributed by atoms with Crippen molar-refractivity contribution in [3.8, 4) is 0 Å². The van der Waals surface area contributed by atoms with Crippen LogP contribution in [0.3, 0.4) is 0 Å². The van der Waals surface area contributed by atoms with Crippen LogP contribution in [0.25, 0.3) is 0 Å². The molecule has 0 saturated carbocycles. The molecular weight excluding hydrogens is 373 g/mol. The van der Waals surface area contributed by atoms with Crippen LogP contribution in [-0.4, -0.2) is 61.8 Å². The molecule has 2 aliphatic rings. The lowest BCUT2D eigenvalue weighted by atomic mass is 9.99. The maximum Gasteiger partial charge on any atom is 0.193 e. The maximum absolute atomic E-state index is 5.48. The molecule has 0 aliphatic carbocycles. The van der Waals surface area contributed by atoms with Crippen LogP contribution in [0.15, 0.2) is 4.99 Å². The zero-order chi connectivity index (χ0) is 12.8. The first-order valence-electron chi connectivity index (χ1n) is 6.88. The third kappa shape index (κ3) is 4.67. The van der Waals surface area contributed by atoms with Crippen LogP contribution in [0, 0.1) is 0 Å². The van der Waals surface area contributed by atoms with E-state index in [1.165, 1.54) is 12.8 Å². The highest BCUT2D eigenvalue weighted by atomic mass is 127. The summed E-state index contributed by atoms with van der Waals surface area (Å²) in [4.78, 5) is 6.78. The molecule has 0 amide bonds. The van der Waals surface area contributed by atoms with Crippen LogP contribution in [0.4, 0.5) is 0 Å². The average Bonchev–Trinajstić information content (AvgIpc) is 2.95. The number of likely N-dealkylation sites (tertiary alicyclic amines) is 1. The van der Waals surface area contributed by atoms with Gasteiger partial charge >= 0.3 is 0 Å². The lowest BCUT2D eigenvalue weighted by molar-refractivity contribution is 0.0781. The van der Waals surface area contributed by atoms with Crippen LogP contribution in [-0.2, 0) is 4.74 Å². The molecule has 0 aromatic rings. The van der Waals surface area contributed by atoms with Gasteiger partial charge in [-0.2, -0.15) is 11.8 Å². The van der Waals surface area contributed by atoms with Crippen LogP contribution < -0.4 is 5.32 Å². The number of guanidine groups is 1. The number of halogens is 1. The largest absolute Gasteiger partial charge is 0.381 e. The molecule has 0 bridgehead atoms. The molecule has 0 radical (unpaired) electrons. The van der Waals surface area contributed by atoms with Crippen molar-refractivity contribution < 1.29 is 4.74 Å². The normalized spacial score (nSPS) is 23.1. The van der Waals surface area contributed by atoms with E-state index in [4.69, 9.17) is 4.74 Å². The summed E-state index contributed by atoms with van der Waals surface area (Å²) in [6, 6.07) is 0. The van der Waals surface area contributed by atoms with E-state index >= 15 is 0 Å². The zero-order valence-corrected chi connectivity index (χ0v) is 15.1. The Bertz CT molecular complexity index is 290. The van der Waals surface area contributed by atoms with E-state index in [0.717, 1.165) is 51.6 Å². The Morgan fingerprint density at radius 2 is 1.95 bits per heavy atom. The van der Waals surface area contributed by atoms with Crippen molar-refractivity contribution in [2.45, 2.75) is 30.4 Å². The first kappa shape index (κ1) is 17.4. The Labute approximate surface area is 138 Å². The molecular formula is C13H26IN3OS. The highest BCUT2D eigenvalue weighted by molar-refractivity contribution is 14.0. The van der Waals surface area contributed by atoms with Gasteiger partial charge in [-0.25, -0.2) is 0 Å². The number of thioether (sulfide) groups is 1. The van der Waals surface area contributed by atoms with E-state index in [9.17, 15) is 0 Å². The summed E-state index contributed by atoms with van der Waals surface area (Å²) in [5.41, 5.74) is 0. The number of nitrogens with zero attached hydrogens (tertiary/aromatic N) is 2. The van der Waals surface area contributed by atoms with Gasteiger partial charge in [-0.15, -0.1) is 24.0 Å². The van der Waals surface area contributed by atoms with Crippen molar-refractivity contribution in [3.05, 3.63) is 0 Å². The van der Waals surface area contributed by atoms with Gasteiger partial charge < -0.3 is 15.0 Å². The molecule has 0 aromatic carbocycles. The summed E-state index contributed by atoms with van der Waals surface area (Å²) in [7, 11) is 1.89. The van der Waals surface area contributed by atoms with E-state index in [2.05, 4.69) is 21.5 Å². The summed E-state index contributed by atoms with van der Waals surface area (Å²) in [6.45, 7) is 5.08. The van der Waals surface area contributed by atoms with Gasteiger partial charge in [0.05, 0.1) is 0 Å². The lowest BCUT2D eigenvalue weighted by Crippen LogP contribution is -2.48. The standard InChI is InChI=1S/C13H25N3OS.HI/c1-14-12(16-7-3-4-8-16)15-11-13(18-2)5-9-17-10-6-13;/h3-11H2,1-2H3,(H,14,15);1H. The monoisotopic (exact) mass is 399 g/mol. The van der Waals surface area contributed by atoms with Crippen molar-refractivity contribution >= 4 is 41.7 Å².